The van der Waals surface area contributed by atoms with Crippen molar-refractivity contribution in [1.82, 2.24) is 15.1 Å². The molecule has 2 fully saturated rings. The number of amides is 3. The fourth-order valence-electron chi connectivity index (χ4n) is 5.01. The van der Waals surface area contributed by atoms with Crippen LogP contribution in [0.25, 0.3) is 0 Å². The Balaban J connectivity index is 1.53. The second-order valence-electron chi connectivity index (χ2n) is 8.48. The zero-order valence-electron chi connectivity index (χ0n) is 17.0. The van der Waals surface area contributed by atoms with Gasteiger partial charge in [-0.3, -0.25) is 24.6 Å². The lowest BCUT2D eigenvalue weighted by Gasteiger charge is -2.35. The van der Waals surface area contributed by atoms with Gasteiger partial charge < -0.3 is 10.6 Å². The molecule has 7 nitrogen and oxygen atoms in total. The van der Waals surface area contributed by atoms with Gasteiger partial charge in [-0.05, 0) is 49.8 Å². The van der Waals surface area contributed by atoms with Gasteiger partial charge in [0, 0.05) is 37.2 Å². The molecular weight excluding hydrogens is 368 g/mol. The number of nitrogens with one attached hydrogen (secondary N) is 1. The summed E-state index contributed by atoms with van der Waals surface area (Å²) in [6, 6.07) is 6.25. The molecule has 1 saturated carbocycles. The Morgan fingerprint density at radius 2 is 1.90 bits per heavy atom. The largest absolute Gasteiger partial charge is 0.328 e. The standard InChI is InChI=1S/C22H30N4O3/c1-2-25(17-8-6-16(23)7-9-17)12-14-4-3-5-15-13-26(22(29)20(14)15)18-10-11-19(27)24-21(18)28/h3-5,16-18H,2,6-13,23H2,1H3,(H,24,27,28). The highest BCUT2D eigenvalue weighted by molar-refractivity contribution is 6.05. The van der Waals surface area contributed by atoms with Crippen molar-refractivity contribution >= 4 is 17.7 Å². The van der Waals surface area contributed by atoms with Crippen LogP contribution in [0.4, 0.5) is 0 Å². The van der Waals surface area contributed by atoms with Gasteiger partial charge in [-0.1, -0.05) is 25.1 Å². The van der Waals surface area contributed by atoms with Gasteiger partial charge in [-0.2, -0.15) is 0 Å². The van der Waals surface area contributed by atoms with Crippen molar-refractivity contribution in [2.75, 3.05) is 6.54 Å². The van der Waals surface area contributed by atoms with Crippen LogP contribution in [0.15, 0.2) is 18.2 Å². The fraction of sp³-hybridized carbons (Fsp3) is 0.591. The number of hydrogen-bond donors (Lipinski definition) is 2. The first-order valence-electron chi connectivity index (χ1n) is 10.7. The van der Waals surface area contributed by atoms with Crippen LogP contribution < -0.4 is 11.1 Å². The number of piperidine rings is 1. The first-order chi connectivity index (χ1) is 14.0. The van der Waals surface area contributed by atoms with Gasteiger partial charge in [0.1, 0.15) is 6.04 Å². The van der Waals surface area contributed by atoms with Gasteiger partial charge in [0.05, 0.1) is 0 Å². The average Bonchev–Trinajstić information content (AvgIpc) is 3.04. The molecule has 0 aromatic heterocycles. The predicted molar refractivity (Wildman–Crippen MR) is 109 cm³/mol. The van der Waals surface area contributed by atoms with Gasteiger partial charge in [0.15, 0.2) is 0 Å². The quantitative estimate of drug-likeness (QED) is 0.734. The molecule has 29 heavy (non-hydrogen) atoms. The maximum absolute atomic E-state index is 13.3. The molecule has 0 bridgehead atoms. The summed E-state index contributed by atoms with van der Waals surface area (Å²) >= 11 is 0. The summed E-state index contributed by atoms with van der Waals surface area (Å²) < 4.78 is 0. The normalized spacial score (nSPS) is 27.3. The molecule has 2 aliphatic heterocycles. The number of benzene rings is 1. The average molecular weight is 399 g/mol. The van der Waals surface area contributed by atoms with Gasteiger partial charge in [0.25, 0.3) is 5.91 Å². The second-order valence-corrected chi connectivity index (χ2v) is 8.48. The zero-order valence-corrected chi connectivity index (χ0v) is 17.0. The van der Waals surface area contributed by atoms with Crippen molar-refractivity contribution in [3.05, 3.63) is 34.9 Å². The SMILES string of the molecule is CCN(Cc1cccc2c1C(=O)N(C1CCC(=O)NC1=O)C2)C1CCC(N)CC1. The van der Waals surface area contributed by atoms with Gasteiger partial charge >= 0.3 is 0 Å². The molecule has 0 radical (unpaired) electrons. The number of imide groups is 1. The summed E-state index contributed by atoms with van der Waals surface area (Å²) in [5, 5.41) is 2.37. The van der Waals surface area contributed by atoms with Crippen LogP contribution in [0, 0.1) is 0 Å². The van der Waals surface area contributed by atoms with E-state index in [0.29, 0.717) is 25.0 Å². The molecule has 3 aliphatic rings. The number of carbonyl (C=O) groups excluding carboxylic acids is 3. The number of hydrogen-bond acceptors (Lipinski definition) is 5. The second kappa shape index (κ2) is 8.24. The summed E-state index contributed by atoms with van der Waals surface area (Å²) in [5.41, 5.74) is 8.80. The molecule has 1 aromatic carbocycles. The summed E-state index contributed by atoms with van der Waals surface area (Å²) in [6.07, 6.45) is 4.97. The van der Waals surface area contributed by atoms with E-state index in [0.717, 1.165) is 55.5 Å². The van der Waals surface area contributed by atoms with E-state index in [9.17, 15) is 14.4 Å². The van der Waals surface area contributed by atoms with Crippen LogP contribution in [0.1, 0.15) is 66.9 Å². The molecular formula is C22H30N4O3. The van der Waals surface area contributed by atoms with Crippen LogP contribution >= 0.6 is 0 Å². The van der Waals surface area contributed by atoms with Crippen molar-refractivity contribution in [2.45, 2.75) is 76.7 Å². The fourth-order valence-corrected chi connectivity index (χ4v) is 5.01. The molecule has 156 valence electrons. The smallest absolute Gasteiger partial charge is 0.255 e. The van der Waals surface area contributed by atoms with E-state index in [4.69, 9.17) is 5.73 Å². The molecule has 0 spiro atoms. The Hall–Kier alpha value is -2.25. The third-order valence-electron chi connectivity index (χ3n) is 6.68. The number of nitrogens with zero attached hydrogens (tertiary/aromatic N) is 2. The third-order valence-corrected chi connectivity index (χ3v) is 6.68. The van der Waals surface area contributed by atoms with E-state index < -0.39 is 6.04 Å². The van der Waals surface area contributed by atoms with Crippen molar-refractivity contribution in [3.63, 3.8) is 0 Å². The Kier molecular flexibility index (Phi) is 5.69. The molecule has 2 heterocycles. The van der Waals surface area contributed by atoms with E-state index in [2.05, 4.69) is 17.1 Å². The third kappa shape index (κ3) is 3.94. The Bertz CT molecular complexity index is 816. The van der Waals surface area contributed by atoms with E-state index in [1.165, 1.54) is 0 Å². The predicted octanol–water partition coefficient (Wildman–Crippen LogP) is 1.54. The van der Waals surface area contributed by atoms with Crippen molar-refractivity contribution in [2.24, 2.45) is 5.73 Å². The molecule has 1 aliphatic carbocycles. The first kappa shape index (κ1) is 20.0. The highest BCUT2D eigenvalue weighted by atomic mass is 16.2. The van der Waals surface area contributed by atoms with Crippen molar-refractivity contribution in [1.29, 1.82) is 0 Å². The molecule has 3 amide bonds. The monoisotopic (exact) mass is 398 g/mol. The zero-order chi connectivity index (χ0) is 20.5. The maximum atomic E-state index is 13.3. The van der Waals surface area contributed by atoms with Gasteiger partial charge in [0.2, 0.25) is 11.8 Å². The van der Waals surface area contributed by atoms with E-state index in [-0.39, 0.29) is 24.1 Å². The van der Waals surface area contributed by atoms with Gasteiger partial charge in [-0.25, -0.2) is 0 Å². The number of carbonyl (C=O) groups is 3. The summed E-state index contributed by atoms with van der Waals surface area (Å²) in [6.45, 7) is 4.25. The summed E-state index contributed by atoms with van der Waals surface area (Å²) in [5.74, 6) is -0.716. The lowest BCUT2D eigenvalue weighted by Crippen LogP contribution is -2.52. The molecule has 3 N–H and O–H groups in total. The van der Waals surface area contributed by atoms with Crippen LogP contribution in [0.2, 0.25) is 0 Å². The number of nitrogens with two attached hydrogens (primary N) is 1. The van der Waals surface area contributed by atoms with E-state index in [1.54, 1.807) is 4.90 Å². The molecule has 1 unspecified atom stereocenters. The van der Waals surface area contributed by atoms with Crippen LogP contribution in [0.5, 0.6) is 0 Å². The summed E-state index contributed by atoms with van der Waals surface area (Å²) in [4.78, 5) is 41.1. The van der Waals surface area contributed by atoms with E-state index >= 15 is 0 Å². The van der Waals surface area contributed by atoms with E-state index in [1.807, 2.05) is 18.2 Å². The minimum absolute atomic E-state index is 0.0909. The molecule has 1 atom stereocenters. The number of fused-ring (bicyclic) bond motifs is 1. The first-order valence-corrected chi connectivity index (χ1v) is 10.7. The molecule has 1 aromatic rings. The Morgan fingerprint density at radius 3 is 2.59 bits per heavy atom. The maximum Gasteiger partial charge on any atom is 0.255 e. The highest BCUT2D eigenvalue weighted by Crippen LogP contribution is 2.31. The van der Waals surface area contributed by atoms with Crippen LogP contribution in [-0.4, -0.2) is 52.2 Å². The van der Waals surface area contributed by atoms with Gasteiger partial charge in [-0.15, -0.1) is 0 Å². The molecule has 4 rings (SSSR count). The minimum atomic E-state index is -0.567. The van der Waals surface area contributed by atoms with Crippen molar-refractivity contribution in [3.8, 4) is 0 Å². The molecule has 7 heteroatoms. The Labute approximate surface area is 171 Å². The Morgan fingerprint density at radius 1 is 1.14 bits per heavy atom. The topological polar surface area (TPSA) is 95.7 Å². The lowest BCUT2D eigenvalue weighted by molar-refractivity contribution is -0.136. The molecule has 1 saturated heterocycles. The minimum Gasteiger partial charge on any atom is -0.328 e. The van der Waals surface area contributed by atoms with Crippen LogP contribution in [0.3, 0.4) is 0 Å². The highest BCUT2D eigenvalue weighted by Gasteiger charge is 2.40. The van der Waals surface area contributed by atoms with Crippen LogP contribution in [-0.2, 0) is 22.7 Å². The summed E-state index contributed by atoms with van der Waals surface area (Å²) in [7, 11) is 0. The number of rotatable bonds is 5. The lowest BCUT2D eigenvalue weighted by atomic mass is 9.90. The van der Waals surface area contributed by atoms with Crippen molar-refractivity contribution < 1.29 is 14.4 Å².